The van der Waals surface area contributed by atoms with Gasteiger partial charge in [-0.25, -0.2) is 23.1 Å². The number of nitrogens with zero attached hydrogens (tertiary/aromatic N) is 3. The van der Waals surface area contributed by atoms with E-state index in [4.69, 9.17) is 14.5 Å². The van der Waals surface area contributed by atoms with Crippen molar-refractivity contribution in [1.82, 2.24) is 14.4 Å². The zero-order valence-electron chi connectivity index (χ0n) is 18.8. The van der Waals surface area contributed by atoms with Gasteiger partial charge in [-0.05, 0) is 57.6 Å². The van der Waals surface area contributed by atoms with Crippen molar-refractivity contribution in [3.05, 3.63) is 63.2 Å². The van der Waals surface area contributed by atoms with Crippen molar-refractivity contribution in [2.24, 2.45) is 5.92 Å². The molecular weight excluding hydrogens is 428 g/mol. The summed E-state index contributed by atoms with van der Waals surface area (Å²) in [4.78, 5) is 22.5. The minimum absolute atomic E-state index is 0.0714. The Kier molecular flexibility index (Phi) is 5.97. The molecule has 0 aliphatic carbocycles. The van der Waals surface area contributed by atoms with Crippen LogP contribution >= 0.6 is 0 Å². The molecule has 0 radical (unpaired) electrons. The fourth-order valence-corrected chi connectivity index (χ4v) is 4.89. The van der Waals surface area contributed by atoms with Crippen LogP contribution in [0.5, 0.6) is 0 Å². The standard InChI is InChI=1S/C25H27F2N3O3/c1-14-15(2)28-23-12-22(17-6-8-33-19(10-17)9-16-5-7-32-13-16)29-24(30(23)25(14)31)20-4-3-18(26)11-21(20)27/h3-4,11-12,16-17,19H,5-10,13H2,1-2H3/t16-,17?,19?/m0/s1. The summed E-state index contributed by atoms with van der Waals surface area (Å²) < 4.78 is 41.2. The van der Waals surface area contributed by atoms with Gasteiger partial charge in [0.1, 0.15) is 17.3 Å². The molecule has 0 spiro atoms. The lowest BCUT2D eigenvalue weighted by Gasteiger charge is -2.31. The highest BCUT2D eigenvalue weighted by atomic mass is 19.1. The zero-order chi connectivity index (χ0) is 23.1. The van der Waals surface area contributed by atoms with Gasteiger partial charge in [0.2, 0.25) is 0 Å². The smallest absolute Gasteiger partial charge is 0.262 e. The minimum Gasteiger partial charge on any atom is -0.381 e. The molecule has 2 aliphatic rings. The lowest BCUT2D eigenvalue weighted by Crippen LogP contribution is -2.28. The molecule has 4 heterocycles. The van der Waals surface area contributed by atoms with Crippen molar-refractivity contribution < 1.29 is 18.3 Å². The van der Waals surface area contributed by atoms with Crippen molar-refractivity contribution in [3.8, 4) is 11.4 Å². The highest BCUT2D eigenvalue weighted by molar-refractivity contribution is 5.61. The SMILES string of the molecule is Cc1nc2cc(C3CCOC(C[C@@H]4CCOC4)C3)nc(-c3ccc(F)cc3F)n2c(=O)c1C. The van der Waals surface area contributed by atoms with Crippen LogP contribution in [0.25, 0.3) is 17.0 Å². The maximum absolute atomic E-state index is 14.8. The van der Waals surface area contributed by atoms with E-state index in [1.807, 2.05) is 6.07 Å². The van der Waals surface area contributed by atoms with Crippen LogP contribution in [-0.2, 0) is 9.47 Å². The zero-order valence-corrected chi connectivity index (χ0v) is 18.8. The average molecular weight is 456 g/mol. The van der Waals surface area contributed by atoms with Gasteiger partial charge in [-0.1, -0.05) is 0 Å². The quantitative estimate of drug-likeness (QED) is 0.586. The summed E-state index contributed by atoms with van der Waals surface area (Å²) in [6, 6.07) is 5.13. The molecule has 2 saturated heterocycles. The summed E-state index contributed by atoms with van der Waals surface area (Å²) in [7, 11) is 0. The van der Waals surface area contributed by atoms with E-state index in [1.165, 1.54) is 16.5 Å². The largest absolute Gasteiger partial charge is 0.381 e. The van der Waals surface area contributed by atoms with Gasteiger partial charge in [0.05, 0.1) is 11.7 Å². The van der Waals surface area contributed by atoms with Crippen LogP contribution in [0.2, 0.25) is 0 Å². The van der Waals surface area contributed by atoms with Crippen LogP contribution < -0.4 is 5.56 Å². The maximum Gasteiger partial charge on any atom is 0.262 e. The number of aryl methyl sites for hydroxylation is 1. The lowest BCUT2D eigenvalue weighted by molar-refractivity contribution is -0.00859. The average Bonchev–Trinajstić information content (AvgIpc) is 3.30. The molecule has 0 bridgehead atoms. The molecule has 0 N–H and O–H groups in total. The number of fused-ring (bicyclic) bond motifs is 1. The van der Waals surface area contributed by atoms with E-state index in [1.54, 1.807) is 13.8 Å². The molecule has 3 aromatic rings. The van der Waals surface area contributed by atoms with Gasteiger partial charge in [0.25, 0.3) is 5.56 Å². The topological polar surface area (TPSA) is 65.7 Å². The Balaban J connectivity index is 1.59. The van der Waals surface area contributed by atoms with Crippen molar-refractivity contribution in [3.63, 3.8) is 0 Å². The Labute approximate surface area is 190 Å². The van der Waals surface area contributed by atoms with E-state index >= 15 is 0 Å². The first-order valence-corrected chi connectivity index (χ1v) is 11.5. The molecular formula is C25H27F2N3O3. The van der Waals surface area contributed by atoms with Crippen molar-refractivity contribution in [1.29, 1.82) is 0 Å². The molecule has 0 saturated carbocycles. The number of benzene rings is 1. The van der Waals surface area contributed by atoms with E-state index in [0.717, 1.165) is 50.7 Å². The van der Waals surface area contributed by atoms with E-state index in [2.05, 4.69) is 4.98 Å². The maximum atomic E-state index is 14.8. The number of rotatable bonds is 4. The first kappa shape index (κ1) is 22.1. The van der Waals surface area contributed by atoms with Crippen LogP contribution in [0.15, 0.2) is 29.1 Å². The molecule has 2 aliphatic heterocycles. The van der Waals surface area contributed by atoms with Crippen LogP contribution in [0.1, 0.15) is 48.6 Å². The van der Waals surface area contributed by atoms with Gasteiger partial charge in [0.15, 0.2) is 5.82 Å². The number of aromatic nitrogens is 3. The molecule has 33 heavy (non-hydrogen) atoms. The molecule has 1 aromatic carbocycles. The van der Waals surface area contributed by atoms with E-state index < -0.39 is 11.6 Å². The molecule has 8 heteroatoms. The monoisotopic (exact) mass is 455 g/mol. The third kappa shape index (κ3) is 4.29. The summed E-state index contributed by atoms with van der Waals surface area (Å²) in [5.41, 5.74) is 2.02. The minimum atomic E-state index is -0.767. The first-order chi connectivity index (χ1) is 15.9. The Hall–Kier alpha value is -2.71. The summed E-state index contributed by atoms with van der Waals surface area (Å²) in [5, 5.41) is 0. The third-order valence-electron chi connectivity index (χ3n) is 6.88. The van der Waals surface area contributed by atoms with Crippen LogP contribution in [-0.4, -0.2) is 40.3 Å². The molecule has 174 valence electrons. The number of hydrogen-bond donors (Lipinski definition) is 0. The molecule has 2 aromatic heterocycles. The molecule has 5 rings (SSSR count). The highest BCUT2D eigenvalue weighted by Crippen LogP contribution is 2.34. The molecule has 2 unspecified atom stereocenters. The second kappa shape index (κ2) is 8.91. The number of hydrogen-bond acceptors (Lipinski definition) is 5. The molecule has 6 nitrogen and oxygen atoms in total. The van der Waals surface area contributed by atoms with Crippen LogP contribution in [0.4, 0.5) is 8.78 Å². The fraction of sp³-hybridized carbons (Fsp3) is 0.480. The van der Waals surface area contributed by atoms with Gasteiger partial charge >= 0.3 is 0 Å². The second-order valence-electron chi connectivity index (χ2n) is 9.13. The summed E-state index contributed by atoms with van der Waals surface area (Å²) in [6.45, 7) is 5.66. The van der Waals surface area contributed by atoms with Crippen molar-refractivity contribution in [2.75, 3.05) is 19.8 Å². The Morgan fingerprint density at radius 1 is 1.12 bits per heavy atom. The van der Waals surface area contributed by atoms with E-state index in [0.29, 0.717) is 29.4 Å². The van der Waals surface area contributed by atoms with Crippen LogP contribution in [0, 0.1) is 31.4 Å². The second-order valence-corrected chi connectivity index (χ2v) is 9.13. The van der Waals surface area contributed by atoms with Crippen molar-refractivity contribution >= 4 is 5.65 Å². The molecule has 2 fully saturated rings. The van der Waals surface area contributed by atoms with Gasteiger partial charge in [-0.3, -0.25) is 4.79 Å². The number of ether oxygens (including phenoxy) is 2. The van der Waals surface area contributed by atoms with Gasteiger partial charge < -0.3 is 9.47 Å². The molecule has 3 atom stereocenters. The first-order valence-electron chi connectivity index (χ1n) is 11.5. The predicted molar refractivity (Wildman–Crippen MR) is 119 cm³/mol. The highest BCUT2D eigenvalue weighted by Gasteiger charge is 2.30. The third-order valence-corrected chi connectivity index (χ3v) is 6.88. The summed E-state index contributed by atoms with van der Waals surface area (Å²) in [5.74, 6) is -0.702. The Morgan fingerprint density at radius 3 is 2.73 bits per heavy atom. The van der Waals surface area contributed by atoms with E-state index in [-0.39, 0.29) is 29.0 Å². The number of halogens is 2. The Morgan fingerprint density at radius 2 is 1.97 bits per heavy atom. The normalized spacial score (nSPS) is 23.3. The molecule has 0 amide bonds. The van der Waals surface area contributed by atoms with Crippen LogP contribution in [0.3, 0.4) is 0 Å². The van der Waals surface area contributed by atoms with Gasteiger partial charge in [-0.15, -0.1) is 0 Å². The summed E-state index contributed by atoms with van der Waals surface area (Å²) in [6.07, 6.45) is 3.67. The van der Waals surface area contributed by atoms with Gasteiger partial charge in [0, 0.05) is 54.8 Å². The predicted octanol–water partition coefficient (Wildman–Crippen LogP) is 4.34. The lowest BCUT2D eigenvalue weighted by atomic mass is 9.88. The Bertz CT molecular complexity index is 1250. The van der Waals surface area contributed by atoms with E-state index in [9.17, 15) is 13.6 Å². The summed E-state index contributed by atoms with van der Waals surface area (Å²) >= 11 is 0. The van der Waals surface area contributed by atoms with Gasteiger partial charge in [-0.2, -0.15) is 0 Å². The fourth-order valence-electron chi connectivity index (χ4n) is 4.89. The van der Waals surface area contributed by atoms with Crippen molar-refractivity contribution in [2.45, 2.75) is 51.6 Å².